The molecule has 8 bridgehead atoms. The quantitative estimate of drug-likeness (QED) is 0.330. The summed E-state index contributed by atoms with van der Waals surface area (Å²) in [6, 6.07) is 0.255. The van der Waals surface area contributed by atoms with Crippen molar-refractivity contribution >= 4 is 11.4 Å². The molecule has 5 rings (SSSR count). The summed E-state index contributed by atoms with van der Waals surface area (Å²) in [7, 11) is 0. The van der Waals surface area contributed by atoms with Crippen LogP contribution < -0.4 is 5.32 Å². The van der Waals surface area contributed by atoms with Crippen LogP contribution >= 0.6 is 0 Å². The summed E-state index contributed by atoms with van der Waals surface area (Å²) >= 11 is 0. The van der Waals surface area contributed by atoms with Gasteiger partial charge in [-0.2, -0.15) is 0 Å². The van der Waals surface area contributed by atoms with E-state index in [0.717, 1.165) is 63.5 Å². The predicted molar refractivity (Wildman–Crippen MR) is 173 cm³/mol. The minimum absolute atomic E-state index is 0.255. The molecule has 0 spiro atoms. The Balaban J connectivity index is 1.79. The summed E-state index contributed by atoms with van der Waals surface area (Å²) < 4.78 is 0. The van der Waals surface area contributed by atoms with E-state index in [-0.39, 0.29) is 6.04 Å². The summed E-state index contributed by atoms with van der Waals surface area (Å²) in [5.74, 6) is 0.477. The highest BCUT2D eigenvalue weighted by molar-refractivity contribution is 6.14. The SMILES string of the molecule is CCC1=C(CC)C2=CC3=NC(=CC4NC(=C(CC)C4CC)C=C4N=C(C=C1C2)C(CC)=C4CC)C(CC)=C3CC. The van der Waals surface area contributed by atoms with Crippen molar-refractivity contribution < 1.29 is 0 Å². The molecule has 0 saturated carbocycles. The fraction of sp³-hybridized carbons (Fsp3) is 0.514. The second-order valence-corrected chi connectivity index (χ2v) is 11.6. The number of nitrogens with one attached hydrogen (secondary N) is 1. The fourth-order valence-corrected chi connectivity index (χ4v) is 7.86. The Morgan fingerprint density at radius 2 is 1.10 bits per heavy atom. The third kappa shape index (κ3) is 4.70. The lowest BCUT2D eigenvalue weighted by Gasteiger charge is -2.18. The Hall–Kier alpha value is -2.94. The van der Waals surface area contributed by atoms with Gasteiger partial charge in [0, 0.05) is 11.6 Å². The van der Waals surface area contributed by atoms with Crippen LogP contribution in [0.4, 0.5) is 0 Å². The van der Waals surface area contributed by atoms with Gasteiger partial charge in [0.05, 0.1) is 28.9 Å². The van der Waals surface area contributed by atoms with Crippen molar-refractivity contribution in [1.82, 2.24) is 5.32 Å². The topological polar surface area (TPSA) is 36.8 Å². The molecule has 212 valence electrons. The lowest BCUT2D eigenvalue weighted by molar-refractivity contribution is 0.514. The third-order valence-electron chi connectivity index (χ3n) is 9.70. The van der Waals surface area contributed by atoms with Crippen LogP contribution in [0.3, 0.4) is 0 Å². The number of fused-ring (bicyclic) bond motifs is 6. The molecule has 0 aromatic rings. The van der Waals surface area contributed by atoms with E-state index in [1.165, 1.54) is 73.0 Å². The first-order chi connectivity index (χ1) is 19.5. The minimum Gasteiger partial charge on any atom is -0.378 e. The first-order valence-electron chi connectivity index (χ1n) is 16.2. The van der Waals surface area contributed by atoms with Gasteiger partial charge < -0.3 is 5.32 Å². The molecule has 1 N–H and O–H groups in total. The number of aliphatic imine (C=N–C) groups is 2. The molecule has 5 aliphatic rings. The van der Waals surface area contributed by atoms with E-state index >= 15 is 0 Å². The van der Waals surface area contributed by atoms with Gasteiger partial charge in [-0.1, -0.05) is 55.4 Å². The smallest absolute Gasteiger partial charge is 0.0692 e. The molecule has 0 amide bonds. The minimum atomic E-state index is 0.255. The first-order valence-corrected chi connectivity index (χ1v) is 16.2. The van der Waals surface area contributed by atoms with Crippen LogP contribution in [0.25, 0.3) is 0 Å². The van der Waals surface area contributed by atoms with Crippen LogP contribution in [-0.4, -0.2) is 17.5 Å². The van der Waals surface area contributed by atoms with E-state index in [1.807, 2.05) is 0 Å². The Morgan fingerprint density at radius 3 is 1.57 bits per heavy atom. The zero-order valence-corrected chi connectivity index (χ0v) is 26.2. The van der Waals surface area contributed by atoms with Gasteiger partial charge in [0.1, 0.15) is 0 Å². The van der Waals surface area contributed by atoms with Crippen LogP contribution in [0.15, 0.2) is 102 Å². The number of rotatable bonds is 8. The van der Waals surface area contributed by atoms with E-state index in [1.54, 1.807) is 0 Å². The summed E-state index contributed by atoms with van der Waals surface area (Å²) in [5.41, 5.74) is 19.2. The fourth-order valence-electron chi connectivity index (χ4n) is 7.86. The van der Waals surface area contributed by atoms with Gasteiger partial charge in [0.15, 0.2) is 0 Å². The number of nitrogens with zero attached hydrogens (tertiary/aromatic N) is 2. The number of hydrogen-bond acceptors (Lipinski definition) is 3. The van der Waals surface area contributed by atoms with Crippen LogP contribution in [0.5, 0.6) is 0 Å². The molecule has 0 saturated heterocycles. The van der Waals surface area contributed by atoms with Gasteiger partial charge in [-0.15, -0.1) is 0 Å². The monoisotopic (exact) mass is 535 g/mol. The van der Waals surface area contributed by atoms with Crippen molar-refractivity contribution in [3.8, 4) is 0 Å². The van der Waals surface area contributed by atoms with Gasteiger partial charge in [0.2, 0.25) is 0 Å². The maximum atomic E-state index is 5.37. The summed E-state index contributed by atoms with van der Waals surface area (Å²) in [5, 5.41) is 3.96. The molecule has 0 aromatic carbocycles. The molecular formula is C37H49N3. The molecular weight excluding hydrogens is 486 g/mol. The van der Waals surface area contributed by atoms with E-state index in [4.69, 9.17) is 9.98 Å². The molecule has 0 aromatic heterocycles. The van der Waals surface area contributed by atoms with Gasteiger partial charge in [-0.05, 0) is 132 Å². The normalized spacial score (nSPS) is 24.4. The van der Waals surface area contributed by atoms with E-state index in [2.05, 4.69) is 85.0 Å². The maximum Gasteiger partial charge on any atom is 0.0692 e. The van der Waals surface area contributed by atoms with E-state index in [9.17, 15) is 0 Å². The molecule has 2 atom stereocenters. The third-order valence-corrected chi connectivity index (χ3v) is 9.70. The molecule has 0 fully saturated rings. The highest BCUT2D eigenvalue weighted by atomic mass is 15.0. The molecule has 4 aliphatic heterocycles. The molecule has 3 nitrogen and oxygen atoms in total. The van der Waals surface area contributed by atoms with Crippen LogP contribution in [-0.2, 0) is 0 Å². The highest BCUT2D eigenvalue weighted by Gasteiger charge is 2.34. The van der Waals surface area contributed by atoms with Crippen LogP contribution in [0, 0.1) is 5.92 Å². The van der Waals surface area contributed by atoms with Crippen molar-refractivity contribution in [2.75, 3.05) is 0 Å². The van der Waals surface area contributed by atoms with Crippen LogP contribution in [0.2, 0.25) is 0 Å². The van der Waals surface area contributed by atoms with Gasteiger partial charge in [0.25, 0.3) is 0 Å². The van der Waals surface area contributed by atoms with Crippen molar-refractivity contribution in [2.45, 2.75) is 119 Å². The predicted octanol–water partition coefficient (Wildman–Crippen LogP) is 9.95. The van der Waals surface area contributed by atoms with Gasteiger partial charge in [-0.3, -0.25) is 0 Å². The summed E-state index contributed by atoms with van der Waals surface area (Å²) in [4.78, 5) is 10.7. The standard InChI is InChI=1S/C37H49N3/c1-9-24-22-17-23(25(24)10-2)19-33-27(12-4)29(14-6)35(39-33)21-37-31(16-8)30(15-7)36(40-37)20-34-28(13-5)26(11-3)32(18-22)38-34/h18-21,30,36,40H,9-17H2,1-8H3. The Bertz CT molecular complexity index is 1410. The second-order valence-electron chi connectivity index (χ2n) is 11.6. The molecule has 40 heavy (non-hydrogen) atoms. The van der Waals surface area contributed by atoms with Crippen molar-refractivity contribution in [3.05, 3.63) is 91.6 Å². The largest absolute Gasteiger partial charge is 0.378 e. The summed E-state index contributed by atoms with van der Waals surface area (Å²) in [6.45, 7) is 18.4. The zero-order chi connectivity index (χ0) is 28.6. The summed E-state index contributed by atoms with van der Waals surface area (Å²) in [6.07, 6.45) is 19.0. The number of hydrogen-bond donors (Lipinski definition) is 1. The second kappa shape index (κ2) is 11.9. The van der Waals surface area contributed by atoms with E-state index < -0.39 is 0 Å². The van der Waals surface area contributed by atoms with Crippen molar-refractivity contribution in [2.24, 2.45) is 15.9 Å². The lowest BCUT2D eigenvalue weighted by atomic mass is 9.88. The average Bonchev–Trinajstić information content (AvgIpc) is 3.67. The molecule has 1 aliphatic carbocycles. The van der Waals surface area contributed by atoms with Crippen molar-refractivity contribution in [3.63, 3.8) is 0 Å². The molecule has 3 heteroatoms. The maximum absolute atomic E-state index is 5.37. The Morgan fingerprint density at radius 1 is 0.600 bits per heavy atom. The zero-order valence-electron chi connectivity index (χ0n) is 26.2. The molecule has 2 unspecified atom stereocenters. The average molecular weight is 536 g/mol. The Kier molecular flexibility index (Phi) is 8.50. The van der Waals surface area contributed by atoms with E-state index in [0.29, 0.717) is 5.92 Å². The Labute approximate surface area is 243 Å². The molecule has 0 radical (unpaired) electrons. The van der Waals surface area contributed by atoms with Gasteiger partial charge in [-0.25, -0.2) is 9.98 Å². The van der Waals surface area contributed by atoms with Crippen LogP contribution in [0.1, 0.15) is 113 Å². The first kappa shape index (κ1) is 28.6. The van der Waals surface area contributed by atoms with Gasteiger partial charge >= 0.3 is 0 Å². The number of allylic oxidation sites excluding steroid dienone is 11. The highest BCUT2D eigenvalue weighted by Crippen LogP contribution is 2.43. The lowest BCUT2D eigenvalue weighted by Crippen LogP contribution is -2.26. The van der Waals surface area contributed by atoms with Crippen molar-refractivity contribution in [1.29, 1.82) is 0 Å². The molecule has 4 heterocycles.